The molecule has 5 nitrogen and oxygen atoms in total. The first-order chi connectivity index (χ1) is 7.26. The van der Waals surface area contributed by atoms with E-state index in [0.717, 1.165) is 19.6 Å². The number of rotatable bonds is 3. The molecule has 0 saturated carbocycles. The van der Waals surface area contributed by atoms with E-state index in [4.69, 9.17) is 10.5 Å². The van der Waals surface area contributed by atoms with Gasteiger partial charge in [-0.05, 0) is 27.7 Å². The Morgan fingerprint density at radius 2 is 2.12 bits per heavy atom. The Kier molecular flexibility index (Phi) is 4.15. The van der Waals surface area contributed by atoms with Crippen LogP contribution in [0, 0.1) is 0 Å². The predicted molar refractivity (Wildman–Crippen MR) is 63.2 cm³/mol. The molecule has 1 fully saturated rings. The molecule has 0 radical (unpaired) electrons. The molecule has 0 bridgehead atoms. The molecule has 1 heterocycles. The van der Waals surface area contributed by atoms with Crippen LogP contribution in [0.5, 0.6) is 0 Å². The third kappa shape index (κ3) is 4.81. The third-order valence-corrected chi connectivity index (χ3v) is 2.22. The van der Waals surface area contributed by atoms with Crippen molar-refractivity contribution in [2.24, 2.45) is 5.73 Å². The topological polar surface area (TPSA) is 67.6 Å². The largest absolute Gasteiger partial charge is 0.444 e. The van der Waals surface area contributed by atoms with Gasteiger partial charge < -0.3 is 15.8 Å². The normalized spacial score (nSPS) is 20.1. The van der Waals surface area contributed by atoms with Crippen LogP contribution in [0.1, 0.15) is 27.7 Å². The maximum atomic E-state index is 11.4. The van der Waals surface area contributed by atoms with Crippen molar-refractivity contribution in [1.29, 1.82) is 0 Å². The second kappa shape index (κ2) is 5.01. The summed E-state index contributed by atoms with van der Waals surface area (Å²) in [6, 6.07) is 0.385. The average Bonchev–Trinajstić information content (AvgIpc) is 1.95. The van der Waals surface area contributed by atoms with Crippen molar-refractivity contribution in [1.82, 2.24) is 10.2 Å². The van der Waals surface area contributed by atoms with Crippen molar-refractivity contribution in [2.75, 3.05) is 19.6 Å². The maximum Gasteiger partial charge on any atom is 0.407 e. The zero-order valence-corrected chi connectivity index (χ0v) is 10.6. The van der Waals surface area contributed by atoms with Gasteiger partial charge in [-0.25, -0.2) is 4.79 Å². The number of hydrogen-bond donors (Lipinski definition) is 2. The number of ether oxygens (including phenoxy) is 1. The summed E-state index contributed by atoms with van der Waals surface area (Å²) in [6.07, 6.45) is -0.335. The monoisotopic (exact) mass is 229 g/mol. The standard InChI is InChI=1S/C11H23N3O2/c1-8(12)5-14-6-9(7-14)13-10(15)16-11(2,3)4/h8-9H,5-7,12H2,1-4H3,(H,13,15). The molecule has 1 atom stereocenters. The number of amides is 1. The van der Waals surface area contributed by atoms with Crippen LogP contribution in [-0.4, -0.2) is 48.3 Å². The molecule has 5 heteroatoms. The summed E-state index contributed by atoms with van der Waals surface area (Å²) < 4.78 is 5.17. The highest BCUT2D eigenvalue weighted by molar-refractivity contribution is 5.68. The summed E-state index contributed by atoms with van der Waals surface area (Å²) in [5.74, 6) is 0. The van der Waals surface area contributed by atoms with Gasteiger partial charge in [-0.1, -0.05) is 0 Å². The van der Waals surface area contributed by atoms with E-state index in [0.29, 0.717) is 0 Å². The molecule has 1 aliphatic heterocycles. The Morgan fingerprint density at radius 1 is 1.56 bits per heavy atom. The fraction of sp³-hybridized carbons (Fsp3) is 0.909. The van der Waals surface area contributed by atoms with Gasteiger partial charge in [0, 0.05) is 25.7 Å². The number of carbonyl (C=O) groups is 1. The van der Waals surface area contributed by atoms with Gasteiger partial charge in [-0.3, -0.25) is 4.90 Å². The third-order valence-electron chi connectivity index (χ3n) is 2.22. The first kappa shape index (κ1) is 13.3. The zero-order valence-electron chi connectivity index (χ0n) is 10.6. The molecule has 1 amide bonds. The Morgan fingerprint density at radius 3 is 2.56 bits per heavy atom. The van der Waals surface area contributed by atoms with Gasteiger partial charge >= 0.3 is 6.09 Å². The molecule has 0 spiro atoms. The molecule has 1 rings (SSSR count). The van der Waals surface area contributed by atoms with Crippen LogP contribution in [0.2, 0.25) is 0 Å². The lowest BCUT2D eigenvalue weighted by Gasteiger charge is -2.40. The van der Waals surface area contributed by atoms with E-state index in [2.05, 4.69) is 10.2 Å². The molecule has 94 valence electrons. The van der Waals surface area contributed by atoms with Crippen LogP contribution in [0.3, 0.4) is 0 Å². The highest BCUT2D eigenvalue weighted by Gasteiger charge is 2.29. The molecule has 0 aromatic heterocycles. The SMILES string of the molecule is CC(N)CN1CC(NC(=O)OC(C)(C)C)C1. The van der Waals surface area contributed by atoms with Gasteiger partial charge in [0.1, 0.15) is 5.60 Å². The number of hydrogen-bond acceptors (Lipinski definition) is 4. The molecule has 0 aromatic rings. The molecule has 3 N–H and O–H groups in total. The quantitative estimate of drug-likeness (QED) is 0.741. The van der Waals surface area contributed by atoms with E-state index >= 15 is 0 Å². The fourth-order valence-electron chi connectivity index (χ4n) is 1.69. The number of nitrogens with zero attached hydrogens (tertiary/aromatic N) is 1. The lowest BCUT2D eigenvalue weighted by Crippen LogP contribution is -2.61. The second-order valence-electron chi connectivity index (χ2n) is 5.54. The second-order valence-corrected chi connectivity index (χ2v) is 5.54. The molecular formula is C11H23N3O2. The lowest BCUT2D eigenvalue weighted by atomic mass is 10.1. The van der Waals surface area contributed by atoms with Crippen LogP contribution in [0.15, 0.2) is 0 Å². The first-order valence-corrected chi connectivity index (χ1v) is 5.74. The number of nitrogens with one attached hydrogen (secondary N) is 1. The number of likely N-dealkylation sites (tertiary alicyclic amines) is 1. The highest BCUT2D eigenvalue weighted by Crippen LogP contribution is 2.10. The van der Waals surface area contributed by atoms with Crippen LogP contribution < -0.4 is 11.1 Å². The van der Waals surface area contributed by atoms with E-state index in [1.807, 2.05) is 27.7 Å². The van der Waals surface area contributed by atoms with Gasteiger partial charge in [0.15, 0.2) is 0 Å². The van der Waals surface area contributed by atoms with E-state index in [-0.39, 0.29) is 18.2 Å². The van der Waals surface area contributed by atoms with Gasteiger partial charge in [0.05, 0.1) is 6.04 Å². The van der Waals surface area contributed by atoms with Crippen molar-refractivity contribution in [3.05, 3.63) is 0 Å². The molecule has 0 aromatic carbocycles. The number of nitrogens with two attached hydrogens (primary N) is 1. The van der Waals surface area contributed by atoms with Crippen LogP contribution in [-0.2, 0) is 4.74 Å². The zero-order chi connectivity index (χ0) is 12.3. The van der Waals surface area contributed by atoms with Crippen molar-refractivity contribution < 1.29 is 9.53 Å². The molecule has 0 aliphatic carbocycles. The molecule has 1 saturated heterocycles. The van der Waals surface area contributed by atoms with Crippen LogP contribution in [0.25, 0.3) is 0 Å². The first-order valence-electron chi connectivity index (χ1n) is 5.74. The summed E-state index contributed by atoms with van der Waals surface area (Å²) in [5, 5.41) is 2.83. The fourth-order valence-corrected chi connectivity index (χ4v) is 1.69. The predicted octanol–water partition coefficient (Wildman–Crippen LogP) is 0.543. The summed E-state index contributed by atoms with van der Waals surface area (Å²) in [6.45, 7) is 10.2. The highest BCUT2D eigenvalue weighted by atomic mass is 16.6. The van der Waals surface area contributed by atoms with Gasteiger partial charge in [-0.15, -0.1) is 0 Å². The van der Waals surface area contributed by atoms with Gasteiger partial charge in [0.25, 0.3) is 0 Å². The average molecular weight is 229 g/mol. The van der Waals surface area contributed by atoms with E-state index in [1.54, 1.807) is 0 Å². The van der Waals surface area contributed by atoms with Crippen molar-refractivity contribution in [2.45, 2.75) is 45.4 Å². The Bertz CT molecular complexity index is 242. The Balaban J connectivity index is 2.15. The molecule has 1 unspecified atom stereocenters. The summed E-state index contributed by atoms with van der Waals surface area (Å²) in [7, 11) is 0. The van der Waals surface area contributed by atoms with Gasteiger partial charge in [-0.2, -0.15) is 0 Å². The van der Waals surface area contributed by atoms with E-state index in [9.17, 15) is 4.79 Å². The molecule has 1 aliphatic rings. The van der Waals surface area contributed by atoms with E-state index in [1.165, 1.54) is 0 Å². The minimum absolute atomic E-state index is 0.183. The summed E-state index contributed by atoms with van der Waals surface area (Å²) >= 11 is 0. The molecular weight excluding hydrogens is 206 g/mol. The van der Waals surface area contributed by atoms with Crippen LogP contribution in [0.4, 0.5) is 4.79 Å². The van der Waals surface area contributed by atoms with Crippen LogP contribution >= 0.6 is 0 Å². The molecule has 16 heavy (non-hydrogen) atoms. The smallest absolute Gasteiger partial charge is 0.407 e. The van der Waals surface area contributed by atoms with Crippen molar-refractivity contribution in [3.8, 4) is 0 Å². The van der Waals surface area contributed by atoms with E-state index < -0.39 is 5.60 Å². The minimum Gasteiger partial charge on any atom is -0.444 e. The van der Waals surface area contributed by atoms with Crippen molar-refractivity contribution >= 4 is 6.09 Å². The summed E-state index contributed by atoms with van der Waals surface area (Å²) in [4.78, 5) is 13.6. The van der Waals surface area contributed by atoms with Crippen molar-refractivity contribution in [3.63, 3.8) is 0 Å². The number of carbonyl (C=O) groups excluding carboxylic acids is 1. The Hall–Kier alpha value is -0.810. The minimum atomic E-state index is -0.431. The van der Waals surface area contributed by atoms with Gasteiger partial charge in [0.2, 0.25) is 0 Å². The number of alkyl carbamates (subject to hydrolysis) is 1. The summed E-state index contributed by atoms with van der Waals surface area (Å²) in [5.41, 5.74) is 5.25. The maximum absolute atomic E-state index is 11.4. The Labute approximate surface area is 97.3 Å². The lowest BCUT2D eigenvalue weighted by molar-refractivity contribution is 0.0398.